The number of amides is 1. The molecule has 0 atom stereocenters. The van der Waals surface area contributed by atoms with Crippen LogP contribution in [0.4, 0.5) is 10.1 Å². The average Bonchev–Trinajstić information content (AvgIpc) is 3.10. The largest absolute Gasteiger partial charge is 0.345 e. The lowest BCUT2D eigenvalue weighted by atomic mass is 10.2. The average molecular weight is 350 g/mol. The third-order valence-electron chi connectivity index (χ3n) is 3.76. The molecule has 128 valence electrons. The third-order valence-corrected chi connectivity index (χ3v) is 4.63. The van der Waals surface area contributed by atoms with Gasteiger partial charge in [0.2, 0.25) is 5.91 Å². The lowest BCUT2D eigenvalue weighted by Gasteiger charge is -2.02. The van der Waals surface area contributed by atoms with E-state index in [-0.39, 0.29) is 16.0 Å². The lowest BCUT2D eigenvalue weighted by Crippen LogP contribution is -2.10. The number of carbonyl (C=O) groups excluding carboxylic acids is 1. The van der Waals surface area contributed by atoms with E-state index >= 15 is 0 Å². The zero-order valence-corrected chi connectivity index (χ0v) is 13.9. The van der Waals surface area contributed by atoms with Crippen LogP contribution in [0, 0.1) is 10.1 Å². The van der Waals surface area contributed by atoms with Crippen molar-refractivity contribution in [3.63, 3.8) is 0 Å². The molecular formula is C14H18N6O3S. The van der Waals surface area contributed by atoms with E-state index in [4.69, 9.17) is 0 Å². The Hall–Kier alpha value is -2.36. The van der Waals surface area contributed by atoms with Gasteiger partial charge in [-0.15, -0.1) is 5.10 Å². The Morgan fingerprint density at radius 3 is 2.96 bits per heavy atom. The van der Waals surface area contributed by atoms with Gasteiger partial charge in [0.25, 0.3) is 0 Å². The first-order valence-electron chi connectivity index (χ1n) is 7.92. The summed E-state index contributed by atoms with van der Waals surface area (Å²) in [5.74, 6) is 0.445. The number of aryl methyl sites for hydroxylation is 1. The van der Waals surface area contributed by atoms with Gasteiger partial charge in [-0.05, 0) is 37.0 Å². The summed E-state index contributed by atoms with van der Waals surface area (Å²) in [7, 11) is 0. The van der Waals surface area contributed by atoms with Gasteiger partial charge in [0.05, 0.1) is 10.6 Å². The highest BCUT2D eigenvalue weighted by Crippen LogP contribution is 2.38. The van der Waals surface area contributed by atoms with Gasteiger partial charge >= 0.3 is 5.00 Å². The number of nitrogens with one attached hydrogen (secondary N) is 1. The number of carbonyl (C=O) groups is 1. The second-order valence-corrected chi connectivity index (χ2v) is 6.81. The van der Waals surface area contributed by atoms with Crippen LogP contribution in [0.15, 0.2) is 12.4 Å². The molecule has 2 aromatic heterocycles. The number of thiazole rings is 1. The summed E-state index contributed by atoms with van der Waals surface area (Å²) in [6.07, 6.45) is 8.56. The first-order valence-corrected chi connectivity index (χ1v) is 8.73. The highest BCUT2D eigenvalue weighted by molar-refractivity contribution is 7.18. The fourth-order valence-corrected chi connectivity index (χ4v) is 2.96. The molecule has 0 aromatic carbocycles. The maximum Gasteiger partial charge on any atom is 0.345 e. The van der Waals surface area contributed by atoms with Crippen LogP contribution in [0.25, 0.3) is 0 Å². The molecule has 1 aliphatic rings. The Morgan fingerprint density at radius 2 is 2.25 bits per heavy atom. The summed E-state index contributed by atoms with van der Waals surface area (Å²) in [6.45, 7) is 0.806. The van der Waals surface area contributed by atoms with Gasteiger partial charge in [-0.25, -0.2) is 4.98 Å². The molecule has 2 heterocycles. The molecule has 0 unspecified atom stereocenters. The van der Waals surface area contributed by atoms with Crippen LogP contribution < -0.4 is 5.32 Å². The molecule has 0 bridgehead atoms. The van der Waals surface area contributed by atoms with Crippen LogP contribution >= 0.6 is 11.3 Å². The molecule has 2 aromatic rings. The van der Waals surface area contributed by atoms with Gasteiger partial charge in [-0.3, -0.25) is 19.6 Å². The van der Waals surface area contributed by atoms with Crippen molar-refractivity contribution in [1.82, 2.24) is 20.0 Å². The van der Waals surface area contributed by atoms with Crippen LogP contribution in [-0.2, 0) is 11.3 Å². The molecule has 0 saturated heterocycles. The van der Waals surface area contributed by atoms with Gasteiger partial charge in [0.1, 0.15) is 6.20 Å². The summed E-state index contributed by atoms with van der Waals surface area (Å²) in [4.78, 5) is 25.6. The van der Waals surface area contributed by atoms with Crippen molar-refractivity contribution in [3.05, 3.63) is 28.2 Å². The van der Waals surface area contributed by atoms with Crippen molar-refractivity contribution in [2.45, 2.75) is 51.0 Å². The Bertz CT molecular complexity index is 724. The van der Waals surface area contributed by atoms with E-state index in [2.05, 4.69) is 20.6 Å². The van der Waals surface area contributed by atoms with Crippen molar-refractivity contribution in [2.24, 2.45) is 0 Å². The number of hydrogen-bond acceptors (Lipinski definition) is 7. The van der Waals surface area contributed by atoms with Crippen molar-refractivity contribution in [3.8, 4) is 0 Å². The maximum absolute atomic E-state index is 11.8. The van der Waals surface area contributed by atoms with E-state index in [1.165, 1.54) is 12.8 Å². The molecule has 10 heteroatoms. The molecule has 3 rings (SSSR count). The van der Waals surface area contributed by atoms with Crippen LogP contribution in [0.1, 0.15) is 50.1 Å². The Labute approximate surface area is 142 Å². The van der Waals surface area contributed by atoms with E-state index < -0.39 is 4.92 Å². The molecule has 1 amide bonds. The smallest absolute Gasteiger partial charge is 0.302 e. The number of nitrogens with zero attached hydrogens (tertiary/aromatic N) is 5. The molecule has 1 fully saturated rings. The van der Waals surface area contributed by atoms with E-state index in [0.29, 0.717) is 12.3 Å². The molecule has 1 N–H and O–H groups in total. The summed E-state index contributed by atoms with van der Waals surface area (Å²) < 4.78 is 1.86. The molecule has 24 heavy (non-hydrogen) atoms. The lowest BCUT2D eigenvalue weighted by molar-refractivity contribution is -0.380. The summed E-state index contributed by atoms with van der Waals surface area (Å²) >= 11 is 0.859. The molecule has 1 saturated carbocycles. The van der Waals surface area contributed by atoms with Crippen molar-refractivity contribution in [1.29, 1.82) is 0 Å². The SMILES string of the molecule is O=C(CCCCCn1cc(C2CC2)nn1)Nc1ncc([N+](=O)[O-])s1. The maximum atomic E-state index is 11.8. The van der Waals surface area contributed by atoms with Gasteiger partial charge in [0, 0.05) is 25.1 Å². The van der Waals surface area contributed by atoms with Crippen molar-refractivity contribution >= 4 is 27.4 Å². The van der Waals surface area contributed by atoms with Gasteiger partial charge in [-0.2, -0.15) is 0 Å². The molecule has 0 spiro atoms. The molecule has 9 nitrogen and oxygen atoms in total. The zero-order valence-electron chi connectivity index (χ0n) is 13.1. The van der Waals surface area contributed by atoms with Gasteiger partial charge < -0.3 is 5.32 Å². The predicted molar refractivity (Wildman–Crippen MR) is 87.9 cm³/mol. The van der Waals surface area contributed by atoms with Crippen molar-refractivity contribution < 1.29 is 9.72 Å². The van der Waals surface area contributed by atoms with Crippen LogP contribution in [-0.4, -0.2) is 30.8 Å². The van der Waals surface area contributed by atoms with Crippen LogP contribution in [0.3, 0.4) is 0 Å². The normalized spacial score (nSPS) is 13.8. The predicted octanol–water partition coefficient (Wildman–Crippen LogP) is 2.72. The fraction of sp³-hybridized carbons (Fsp3) is 0.571. The number of rotatable bonds is 9. The number of aromatic nitrogens is 4. The fourth-order valence-electron chi connectivity index (χ4n) is 2.31. The highest BCUT2D eigenvalue weighted by Gasteiger charge is 2.26. The van der Waals surface area contributed by atoms with Gasteiger partial charge in [0.15, 0.2) is 5.13 Å². The second kappa shape index (κ2) is 7.47. The summed E-state index contributed by atoms with van der Waals surface area (Å²) in [5.41, 5.74) is 1.09. The number of unbranched alkanes of at least 4 members (excludes halogenated alkanes) is 2. The van der Waals surface area contributed by atoms with E-state index in [1.54, 1.807) is 0 Å². The summed E-state index contributed by atoms with van der Waals surface area (Å²) in [6, 6.07) is 0. The first-order chi connectivity index (χ1) is 11.6. The Kier molecular flexibility index (Phi) is 5.14. The Morgan fingerprint density at radius 1 is 1.42 bits per heavy atom. The van der Waals surface area contributed by atoms with Crippen LogP contribution in [0.5, 0.6) is 0 Å². The standard InChI is InChI=1S/C14H18N6O3S/c21-12(16-14-15-8-13(24-14)20(22)23)4-2-1-3-7-19-9-11(17-18-19)10-5-6-10/h8-10H,1-7H2,(H,15,16,21). The molecule has 0 radical (unpaired) electrons. The Balaban J connectivity index is 1.30. The quantitative estimate of drug-likeness (QED) is 0.422. The van der Waals surface area contributed by atoms with Gasteiger partial charge in [-0.1, -0.05) is 11.6 Å². The number of hydrogen-bond donors (Lipinski definition) is 1. The summed E-state index contributed by atoms with van der Waals surface area (Å²) in [5, 5.41) is 21.6. The second-order valence-electron chi connectivity index (χ2n) is 5.80. The van der Waals surface area contributed by atoms with Crippen molar-refractivity contribution in [2.75, 3.05) is 5.32 Å². The minimum atomic E-state index is -0.522. The molecule has 0 aliphatic heterocycles. The highest BCUT2D eigenvalue weighted by atomic mass is 32.1. The molecule has 1 aliphatic carbocycles. The minimum absolute atomic E-state index is 0.0799. The first kappa shape index (κ1) is 16.5. The van der Waals surface area contributed by atoms with E-state index in [0.717, 1.165) is 49.0 Å². The van der Waals surface area contributed by atoms with E-state index in [1.807, 2.05) is 10.9 Å². The van der Waals surface area contributed by atoms with E-state index in [9.17, 15) is 14.9 Å². The topological polar surface area (TPSA) is 116 Å². The number of anilines is 1. The third kappa shape index (κ3) is 4.57. The monoisotopic (exact) mass is 350 g/mol. The molecular weight excluding hydrogens is 332 g/mol. The van der Waals surface area contributed by atoms with Crippen LogP contribution in [0.2, 0.25) is 0 Å². The minimum Gasteiger partial charge on any atom is -0.302 e. The number of nitro groups is 1. The zero-order chi connectivity index (χ0) is 16.9.